The minimum atomic E-state index is -2.60. The predicted molar refractivity (Wildman–Crippen MR) is 36.4 cm³/mol. The third-order valence-corrected chi connectivity index (χ3v) is 0.899. The second-order valence-electron chi connectivity index (χ2n) is 2.67. The normalized spacial score (nSPS) is 10.7. The quantitative estimate of drug-likeness (QED) is 0.595. The highest BCUT2D eigenvalue weighted by Crippen LogP contribution is 2.02. The molecule has 0 aliphatic heterocycles. The van der Waals surface area contributed by atoms with Crippen LogP contribution in [0.15, 0.2) is 0 Å². The van der Waals surface area contributed by atoms with E-state index in [1.165, 1.54) is 0 Å². The number of hydrogen-bond donors (Lipinski definition) is 0. The van der Waals surface area contributed by atoms with Gasteiger partial charge < -0.3 is 4.74 Å². The van der Waals surface area contributed by atoms with E-state index in [0.29, 0.717) is 0 Å². The monoisotopic (exact) mass is 166 g/mol. The molecule has 0 saturated heterocycles. The van der Waals surface area contributed by atoms with E-state index in [1.54, 1.807) is 0 Å². The fraction of sp³-hybridized carbons (Fsp3) is 0.857. The maximum Gasteiger partial charge on any atom is 0.311 e. The van der Waals surface area contributed by atoms with Gasteiger partial charge in [-0.25, -0.2) is 8.78 Å². The van der Waals surface area contributed by atoms with Gasteiger partial charge in [-0.1, -0.05) is 13.8 Å². The lowest BCUT2D eigenvalue weighted by Crippen LogP contribution is -2.12. The highest BCUT2D eigenvalue weighted by atomic mass is 19.3. The van der Waals surface area contributed by atoms with Crippen LogP contribution in [0.1, 0.15) is 20.3 Å². The summed E-state index contributed by atoms with van der Waals surface area (Å²) in [6.45, 7) is 3.90. The summed E-state index contributed by atoms with van der Waals surface area (Å²) in [5, 5.41) is 0. The SMILES string of the molecule is CC(C)COC(=O)CC(F)F. The van der Waals surface area contributed by atoms with Crippen molar-refractivity contribution in [2.75, 3.05) is 6.61 Å². The summed E-state index contributed by atoms with van der Waals surface area (Å²) in [7, 11) is 0. The maximum absolute atomic E-state index is 11.5. The molecule has 0 bridgehead atoms. The van der Waals surface area contributed by atoms with E-state index in [4.69, 9.17) is 0 Å². The van der Waals surface area contributed by atoms with Crippen LogP contribution in [0.2, 0.25) is 0 Å². The Morgan fingerprint density at radius 1 is 1.45 bits per heavy atom. The summed E-state index contributed by atoms with van der Waals surface area (Å²) in [5.41, 5.74) is 0. The minimum Gasteiger partial charge on any atom is -0.465 e. The summed E-state index contributed by atoms with van der Waals surface area (Å²) in [6, 6.07) is 0. The molecule has 0 atom stereocenters. The van der Waals surface area contributed by atoms with Gasteiger partial charge in [0, 0.05) is 0 Å². The van der Waals surface area contributed by atoms with E-state index in [9.17, 15) is 13.6 Å². The highest BCUT2D eigenvalue weighted by Gasteiger charge is 2.11. The molecular weight excluding hydrogens is 154 g/mol. The van der Waals surface area contributed by atoms with E-state index < -0.39 is 18.8 Å². The standard InChI is InChI=1S/C7H12F2O2/c1-5(2)4-11-7(10)3-6(8)9/h5-6H,3-4H2,1-2H3. The fourth-order valence-corrected chi connectivity index (χ4v) is 0.445. The van der Waals surface area contributed by atoms with Crippen LogP contribution in [0.3, 0.4) is 0 Å². The molecule has 0 amide bonds. The summed E-state index contributed by atoms with van der Waals surface area (Å²) in [5.74, 6) is -0.634. The molecule has 0 N–H and O–H groups in total. The van der Waals surface area contributed by atoms with Crippen LogP contribution in [-0.4, -0.2) is 19.0 Å². The van der Waals surface area contributed by atoms with Crippen LogP contribution in [0.4, 0.5) is 8.78 Å². The van der Waals surface area contributed by atoms with Gasteiger partial charge in [-0.3, -0.25) is 4.79 Å². The van der Waals surface area contributed by atoms with Gasteiger partial charge in [0.25, 0.3) is 0 Å². The van der Waals surface area contributed by atoms with Crippen molar-refractivity contribution in [3.63, 3.8) is 0 Å². The Hall–Kier alpha value is -0.670. The van der Waals surface area contributed by atoms with Crippen molar-refractivity contribution in [3.05, 3.63) is 0 Å². The summed E-state index contributed by atoms with van der Waals surface area (Å²) in [4.78, 5) is 10.5. The third-order valence-electron chi connectivity index (χ3n) is 0.899. The number of esters is 1. The number of carbonyl (C=O) groups is 1. The lowest BCUT2D eigenvalue weighted by Gasteiger charge is -2.05. The predicted octanol–water partition coefficient (Wildman–Crippen LogP) is 1.84. The van der Waals surface area contributed by atoms with E-state index in [2.05, 4.69) is 4.74 Å². The molecule has 0 unspecified atom stereocenters. The molecular formula is C7H12F2O2. The largest absolute Gasteiger partial charge is 0.465 e. The molecule has 0 aromatic rings. The van der Waals surface area contributed by atoms with Crippen LogP contribution in [-0.2, 0) is 9.53 Å². The van der Waals surface area contributed by atoms with E-state index in [-0.39, 0.29) is 12.5 Å². The Labute approximate surface area is 64.5 Å². The third kappa shape index (κ3) is 7.22. The van der Waals surface area contributed by atoms with Gasteiger partial charge >= 0.3 is 5.97 Å². The molecule has 2 nitrogen and oxygen atoms in total. The Morgan fingerprint density at radius 3 is 2.36 bits per heavy atom. The van der Waals surface area contributed by atoms with Crippen molar-refractivity contribution in [3.8, 4) is 0 Å². The number of ether oxygens (including phenoxy) is 1. The van der Waals surface area contributed by atoms with Crippen molar-refractivity contribution >= 4 is 5.97 Å². The molecule has 0 aliphatic rings. The van der Waals surface area contributed by atoms with Crippen molar-refractivity contribution in [1.29, 1.82) is 0 Å². The summed E-state index contributed by atoms with van der Waals surface area (Å²) < 4.78 is 27.5. The average Bonchev–Trinajstić information content (AvgIpc) is 1.82. The molecule has 0 spiro atoms. The first-order valence-electron chi connectivity index (χ1n) is 3.46. The van der Waals surface area contributed by atoms with Crippen molar-refractivity contribution in [1.82, 2.24) is 0 Å². The first kappa shape index (κ1) is 10.3. The molecule has 4 heteroatoms. The van der Waals surface area contributed by atoms with Crippen LogP contribution in [0.25, 0.3) is 0 Å². The topological polar surface area (TPSA) is 26.3 Å². The molecule has 0 aromatic heterocycles. The molecule has 0 fully saturated rings. The van der Waals surface area contributed by atoms with Gasteiger partial charge in [0.15, 0.2) is 0 Å². The Balaban J connectivity index is 3.38. The Morgan fingerprint density at radius 2 is 2.00 bits per heavy atom. The van der Waals surface area contributed by atoms with Gasteiger partial charge in [-0.2, -0.15) is 0 Å². The van der Waals surface area contributed by atoms with Crippen molar-refractivity contribution in [2.24, 2.45) is 5.92 Å². The van der Waals surface area contributed by atoms with Gasteiger partial charge in [0.05, 0.1) is 6.61 Å². The minimum absolute atomic E-state index is 0.191. The van der Waals surface area contributed by atoms with Gasteiger partial charge in [-0.15, -0.1) is 0 Å². The van der Waals surface area contributed by atoms with E-state index >= 15 is 0 Å². The zero-order valence-electron chi connectivity index (χ0n) is 6.64. The lowest BCUT2D eigenvalue weighted by molar-refractivity contribution is -0.147. The highest BCUT2D eigenvalue weighted by molar-refractivity contribution is 5.69. The maximum atomic E-state index is 11.5. The summed E-state index contributed by atoms with van der Waals surface area (Å²) in [6.07, 6.45) is -3.40. The van der Waals surface area contributed by atoms with Gasteiger partial charge in [0.1, 0.15) is 6.42 Å². The smallest absolute Gasteiger partial charge is 0.311 e. The van der Waals surface area contributed by atoms with Crippen LogP contribution < -0.4 is 0 Å². The number of hydrogen-bond acceptors (Lipinski definition) is 2. The molecule has 0 heterocycles. The molecule has 66 valence electrons. The average molecular weight is 166 g/mol. The van der Waals surface area contributed by atoms with Crippen molar-refractivity contribution in [2.45, 2.75) is 26.7 Å². The number of alkyl halides is 2. The van der Waals surface area contributed by atoms with Crippen LogP contribution in [0.5, 0.6) is 0 Å². The second-order valence-corrected chi connectivity index (χ2v) is 2.67. The fourth-order valence-electron chi connectivity index (χ4n) is 0.445. The first-order valence-corrected chi connectivity index (χ1v) is 3.46. The van der Waals surface area contributed by atoms with Crippen LogP contribution in [0, 0.1) is 5.92 Å². The molecule has 0 aliphatic carbocycles. The summed E-state index contributed by atoms with van der Waals surface area (Å²) >= 11 is 0. The van der Waals surface area contributed by atoms with Crippen LogP contribution >= 0.6 is 0 Å². The molecule has 0 saturated carbocycles. The van der Waals surface area contributed by atoms with E-state index in [0.717, 1.165) is 0 Å². The van der Waals surface area contributed by atoms with E-state index in [1.807, 2.05) is 13.8 Å². The second kappa shape index (κ2) is 5.04. The van der Waals surface area contributed by atoms with Gasteiger partial charge in [0.2, 0.25) is 6.43 Å². The molecule has 0 radical (unpaired) electrons. The number of rotatable bonds is 4. The molecule has 0 rings (SSSR count). The number of halogens is 2. The lowest BCUT2D eigenvalue weighted by atomic mass is 10.2. The Kier molecular flexibility index (Phi) is 4.74. The molecule has 11 heavy (non-hydrogen) atoms. The number of carbonyl (C=O) groups excluding carboxylic acids is 1. The zero-order chi connectivity index (χ0) is 8.85. The zero-order valence-corrected chi connectivity index (χ0v) is 6.64. The Bertz CT molecular complexity index is 124. The van der Waals surface area contributed by atoms with Gasteiger partial charge in [-0.05, 0) is 5.92 Å². The molecule has 0 aromatic carbocycles. The van der Waals surface area contributed by atoms with Crippen molar-refractivity contribution < 1.29 is 18.3 Å². The first-order chi connectivity index (χ1) is 5.02.